The summed E-state index contributed by atoms with van der Waals surface area (Å²) in [4.78, 5) is 15.2. The number of carbonyl (C=O) groups is 1. The molecule has 0 amide bonds. The van der Waals surface area contributed by atoms with Crippen molar-refractivity contribution in [1.82, 2.24) is 9.55 Å². The number of carboxylic acid groups (broad SMARTS) is 1. The fraction of sp³-hybridized carbons (Fsp3) is 0.0769. The first-order valence-corrected chi connectivity index (χ1v) is 5.24. The lowest BCUT2D eigenvalue weighted by molar-refractivity contribution is 0.0698. The van der Waals surface area contributed by atoms with Gasteiger partial charge in [0.1, 0.15) is 0 Å². The molecule has 84 valence electrons. The number of carboxylic acids is 1. The molecule has 4 nitrogen and oxygen atoms in total. The summed E-state index contributed by atoms with van der Waals surface area (Å²) >= 11 is 0. The first-order valence-electron chi connectivity index (χ1n) is 5.24. The number of aromatic carboxylic acids is 1. The van der Waals surface area contributed by atoms with Crippen molar-refractivity contribution in [2.45, 2.75) is 0 Å². The summed E-state index contributed by atoms with van der Waals surface area (Å²) in [6.45, 7) is 0. The lowest BCUT2D eigenvalue weighted by atomic mass is 10.1. The third kappa shape index (κ3) is 1.24. The van der Waals surface area contributed by atoms with E-state index in [4.69, 9.17) is 0 Å². The van der Waals surface area contributed by atoms with Gasteiger partial charge in [-0.3, -0.25) is 4.98 Å². The second-order valence-corrected chi connectivity index (χ2v) is 3.96. The SMILES string of the molecule is Cn1c2ccccc2c2c(C(=O)O)cncc21. The normalized spacial score (nSPS) is 11.1. The number of rotatable bonds is 1. The summed E-state index contributed by atoms with van der Waals surface area (Å²) in [6, 6.07) is 7.76. The third-order valence-corrected chi connectivity index (χ3v) is 3.05. The first-order chi connectivity index (χ1) is 8.20. The molecule has 0 unspecified atom stereocenters. The van der Waals surface area contributed by atoms with Gasteiger partial charge in [-0.15, -0.1) is 0 Å². The van der Waals surface area contributed by atoms with E-state index in [1.807, 2.05) is 35.9 Å². The zero-order valence-electron chi connectivity index (χ0n) is 9.21. The number of aromatic nitrogens is 2. The van der Waals surface area contributed by atoms with Gasteiger partial charge in [0.2, 0.25) is 0 Å². The molecule has 0 aliphatic rings. The Hall–Kier alpha value is -2.36. The molecule has 4 heteroatoms. The Balaban J connectivity index is 2.63. The van der Waals surface area contributed by atoms with Gasteiger partial charge >= 0.3 is 5.97 Å². The van der Waals surface area contributed by atoms with E-state index in [0.29, 0.717) is 0 Å². The zero-order valence-corrected chi connectivity index (χ0v) is 9.21. The summed E-state index contributed by atoms with van der Waals surface area (Å²) in [7, 11) is 1.91. The van der Waals surface area contributed by atoms with Gasteiger partial charge in [-0.2, -0.15) is 0 Å². The largest absolute Gasteiger partial charge is 0.478 e. The highest BCUT2D eigenvalue weighted by molar-refractivity contribution is 6.16. The van der Waals surface area contributed by atoms with Gasteiger partial charge < -0.3 is 9.67 Å². The van der Waals surface area contributed by atoms with Crippen LogP contribution in [0, 0.1) is 0 Å². The highest BCUT2D eigenvalue weighted by Crippen LogP contribution is 2.29. The number of pyridine rings is 1. The highest BCUT2D eigenvalue weighted by atomic mass is 16.4. The molecular formula is C13H10N2O2. The van der Waals surface area contributed by atoms with Crippen LogP contribution in [0.5, 0.6) is 0 Å². The Kier molecular flexibility index (Phi) is 1.92. The molecule has 2 heterocycles. The van der Waals surface area contributed by atoms with Crippen molar-refractivity contribution in [1.29, 1.82) is 0 Å². The first kappa shape index (κ1) is 9.84. The van der Waals surface area contributed by atoms with Crippen LogP contribution >= 0.6 is 0 Å². The van der Waals surface area contributed by atoms with Crippen LogP contribution in [0.2, 0.25) is 0 Å². The van der Waals surface area contributed by atoms with Crippen molar-refractivity contribution in [3.05, 3.63) is 42.2 Å². The van der Waals surface area contributed by atoms with E-state index in [1.54, 1.807) is 6.20 Å². The maximum absolute atomic E-state index is 11.2. The quantitative estimate of drug-likeness (QED) is 0.693. The minimum atomic E-state index is -0.945. The fourth-order valence-electron chi connectivity index (χ4n) is 2.26. The maximum atomic E-state index is 11.2. The van der Waals surface area contributed by atoms with E-state index < -0.39 is 5.97 Å². The molecule has 0 fully saturated rings. The Bertz CT molecular complexity index is 744. The standard InChI is InChI=1S/C13H10N2O2/c1-15-10-5-3-2-4-8(10)12-9(13(16)17)6-14-7-11(12)15/h2-7H,1H3,(H,16,17). The van der Waals surface area contributed by atoms with Crippen LogP contribution < -0.4 is 0 Å². The van der Waals surface area contributed by atoms with Gasteiger partial charge in [0, 0.05) is 29.5 Å². The van der Waals surface area contributed by atoms with Crippen LogP contribution in [0.1, 0.15) is 10.4 Å². The topological polar surface area (TPSA) is 55.1 Å². The second-order valence-electron chi connectivity index (χ2n) is 3.96. The Morgan fingerprint density at radius 3 is 2.76 bits per heavy atom. The molecule has 0 saturated carbocycles. The van der Waals surface area contributed by atoms with Gasteiger partial charge in [-0.25, -0.2) is 4.79 Å². The second kappa shape index (κ2) is 3.31. The predicted octanol–water partition coefficient (Wildman–Crippen LogP) is 2.42. The van der Waals surface area contributed by atoms with Gasteiger partial charge in [0.05, 0.1) is 17.3 Å². The van der Waals surface area contributed by atoms with E-state index in [2.05, 4.69) is 4.98 Å². The molecule has 1 aromatic carbocycles. The van der Waals surface area contributed by atoms with Crippen LogP contribution in [0.25, 0.3) is 21.8 Å². The highest BCUT2D eigenvalue weighted by Gasteiger charge is 2.15. The number of fused-ring (bicyclic) bond motifs is 3. The van der Waals surface area contributed by atoms with Crippen LogP contribution in [0.3, 0.4) is 0 Å². The molecule has 0 aliphatic heterocycles. The van der Waals surface area contributed by atoms with Gasteiger partial charge in [-0.05, 0) is 6.07 Å². The summed E-state index contributed by atoms with van der Waals surface area (Å²) in [5, 5.41) is 10.9. The van der Waals surface area contributed by atoms with Crippen molar-refractivity contribution in [3.63, 3.8) is 0 Å². The minimum absolute atomic E-state index is 0.249. The Morgan fingerprint density at radius 2 is 2.00 bits per heavy atom. The summed E-state index contributed by atoms with van der Waals surface area (Å²) < 4.78 is 1.96. The van der Waals surface area contributed by atoms with Crippen LogP contribution in [-0.2, 0) is 7.05 Å². The average Bonchev–Trinajstić information content (AvgIpc) is 2.64. The van der Waals surface area contributed by atoms with E-state index in [0.717, 1.165) is 21.8 Å². The smallest absolute Gasteiger partial charge is 0.337 e. The third-order valence-electron chi connectivity index (χ3n) is 3.05. The molecule has 17 heavy (non-hydrogen) atoms. The molecular weight excluding hydrogens is 216 g/mol. The molecule has 0 atom stereocenters. The van der Waals surface area contributed by atoms with Crippen LogP contribution in [0.4, 0.5) is 0 Å². The van der Waals surface area contributed by atoms with E-state index in [9.17, 15) is 9.90 Å². The lowest BCUT2D eigenvalue weighted by Crippen LogP contribution is -1.98. The van der Waals surface area contributed by atoms with E-state index >= 15 is 0 Å². The zero-order chi connectivity index (χ0) is 12.0. The fourth-order valence-corrected chi connectivity index (χ4v) is 2.26. The summed E-state index contributed by atoms with van der Waals surface area (Å²) in [6.07, 6.45) is 3.10. The van der Waals surface area contributed by atoms with Crippen LogP contribution in [0.15, 0.2) is 36.7 Å². The number of benzene rings is 1. The van der Waals surface area contributed by atoms with Crippen molar-refractivity contribution in [2.24, 2.45) is 7.05 Å². The molecule has 3 rings (SSSR count). The molecule has 1 N–H and O–H groups in total. The van der Waals surface area contributed by atoms with Gasteiger partial charge in [0.25, 0.3) is 0 Å². The van der Waals surface area contributed by atoms with Crippen molar-refractivity contribution in [3.8, 4) is 0 Å². The molecule has 0 saturated heterocycles. The lowest BCUT2D eigenvalue weighted by Gasteiger charge is -1.98. The minimum Gasteiger partial charge on any atom is -0.478 e. The molecule has 0 aliphatic carbocycles. The number of para-hydroxylation sites is 1. The number of nitrogens with zero attached hydrogens (tertiary/aromatic N) is 2. The Labute approximate surface area is 97.1 Å². The number of hydrogen-bond acceptors (Lipinski definition) is 2. The van der Waals surface area contributed by atoms with E-state index in [-0.39, 0.29) is 5.56 Å². The summed E-state index contributed by atoms with van der Waals surface area (Å²) in [5.41, 5.74) is 2.10. The molecule has 0 spiro atoms. The summed E-state index contributed by atoms with van der Waals surface area (Å²) in [5.74, 6) is -0.945. The molecule has 2 aromatic heterocycles. The van der Waals surface area contributed by atoms with E-state index in [1.165, 1.54) is 6.20 Å². The number of hydrogen-bond donors (Lipinski definition) is 1. The van der Waals surface area contributed by atoms with Crippen LogP contribution in [-0.4, -0.2) is 20.6 Å². The molecule has 0 radical (unpaired) electrons. The van der Waals surface area contributed by atoms with Crippen molar-refractivity contribution >= 4 is 27.8 Å². The molecule has 0 bridgehead atoms. The molecule has 3 aromatic rings. The maximum Gasteiger partial charge on any atom is 0.337 e. The van der Waals surface area contributed by atoms with Crippen molar-refractivity contribution in [2.75, 3.05) is 0 Å². The monoisotopic (exact) mass is 226 g/mol. The van der Waals surface area contributed by atoms with Gasteiger partial charge in [-0.1, -0.05) is 18.2 Å². The van der Waals surface area contributed by atoms with Crippen molar-refractivity contribution < 1.29 is 9.90 Å². The predicted molar refractivity (Wildman–Crippen MR) is 65.2 cm³/mol. The average molecular weight is 226 g/mol. The van der Waals surface area contributed by atoms with Gasteiger partial charge in [0.15, 0.2) is 0 Å². The number of aryl methyl sites for hydroxylation is 1. The Morgan fingerprint density at radius 1 is 1.24 bits per heavy atom.